The van der Waals surface area contributed by atoms with Gasteiger partial charge in [-0.15, -0.1) is 6.42 Å². The number of nitrogens with zero attached hydrogens (tertiary/aromatic N) is 4. The second kappa shape index (κ2) is 11.2. The molecule has 1 N–H and O–H groups in total. The molecule has 0 spiro atoms. The standard InChI is InChI=1S/C27H27N5O2/c1-4-20(16-28-3)19-34-26-15-25-23(14-22(26)5-2)17-29-27(31-25)30-24-8-6-7-21(13-24)18-32-9-11-33-12-10-32/h2,4,6-8,13-17H,1,3,9-12,18-19H2,(H,29,30,31)/b20-16+. The Morgan fingerprint density at radius 1 is 1.29 bits per heavy atom. The number of fused-ring (bicyclic) bond motifs is 1. The molecule has 1 fully saturated rings. The smallest absolute Gasteiger partial charge is 0.227 e. The minimum atomic E-state index is 0.273. The summed E-state index contributed by atoms with van der Waals surface area (Å²) in [4.78, 5) is 15.3. The number of aromatic nitrogens is 2. The topological polar surface area (TPSA) is 71.9 Å². The number of morpholine rings is 1. The molecule has 0 bridgehead atoms. The number of ether oxygens (including phenoxy) is 2. The average Bonchev–Trinajstić information content (AvgIpc) is 2.86. The Hall–Kier alpha value is -3.99. The van der Waals surface area contributed by atoms with Crippen molar-refractivity contribution >= 4 is 29.3 Å². The van der Waals surface area contributed by atoms with Crippen molar-refractivity contribution < 1.29 is 9.47 Å². The van der Waals surface area contributed by atoms with Gasteiger partial charge in [0.1, 0.15) is 12.4 Å². The number of aliphatic imine (C=N–C) groups is 1. The first-order valence-electron chi connectivity index (χ1n) is 11.0. The van der Waals surface area contributed by atoms with E-state index in [2.05, 4.69) is 56.5 Å². The van der Waals surface area contributed by atoms with E-state index in [-0.39, 0.29) is 6.61 Å². The van der Waals surface area contributed by atoms with Gasteiger partial charge in [0.25, 0.3) is 0 Å². The molecule has 0 aliphatic carbocycles. The predicted octanol–water partition coefficient (Wildman–Crippen LogP) is 4.34. The van der Waals surface area contributed by atoms with E-state index in [0.717, 1.165) is 55.0 Å². The zero-order chi connectivity index (χ0) is 23.8. The molecule has 7 nitrogen and oxygen atoms in total. The second-order valence-corrected chi connectivity index (χ2v) is 7.84. The van der Waals surface area contributed by atoms with Crippen LogP contribution in [0.15, 0.2) is 72.0 Å². The maximum atomic E-state index is 5.92. The van der Waals surface area contributed by atoms with E-state index >= 15 is 0 Å². The summed E-state index contributed by atoms with van der Waals surface area (Å²) >= 11 is 0. The highest BCUT2D eigenvalue weighted by Gasteiger charge is 2.12. The fourth-order valence-corrected chi connectivity index (χ4v) is 3.67. The maximum Gasteiger partial charge on any atom is 0.227 e. The van der Waals surface area contributed by atoms with E-state index in [9.17, 15) is 0 Å². The molecule has 3 aromatic rings. The molecule has 4 rings (SSSR count). The second-order valence-electron chi connectivity index (χ2n) is 7.84. The van der Waals surface area contributed by atoms with Crippen LogP contribution >= 0.6 is 0 Å². The van der Waals surface area contributed by atoms with Crippen molar-refractivity contribution in [2.75, 3.05) is 38.2 Å². The molecule has 0 saturated carbocycles. The monoisotopic (exact) mass is 453 g/mol. The summed E-state index contributed by atoms with van der Waals surface area (Å²) in [7, 11) is 0. The van der Waals surface area contributed by atoms with Crippen molar-refractivity contribution in [1.29, 1.82) is 0 Å². The first-order valence-corrected chi connectivity index (χ1v) is 11.0. The van der Waals surface area contributed by atoms with Crippen LogP contribution in [0.5, 0.6) is 5.75 Å². The van der Waals surface area contributed by atoms with Crippen LogP contribution in [0.4, 0.5) is 11.6 Å². The van der Waals surface area contributed by atoms with Gasteiger partial charge < -0.3 is 14.8 Å². The van der Waals surface area contributed by atoms with Crippen LogP contribution in [-0.4, -0.2) is 54.5 Å². The van der Waals surface area contributed by atoms with Gasteiger partial charge in [-0.25, -0.2) is 9.97 Å². The Morgan fingerprint density at radius 3 is 2.91 bits per heavy atom. The molecule has 0 unspecified atom stereocenters. The van der Waals surface area contributed by atoms with Gasteiger partial charge >= 0.3 is 0 Å². The number of hydrogen-bond donors (Lipinski definition) is 1. The lowest BCUT2D eigenvalue weighted by Crippen LogP contribution is -2.35. The molecule has 7 heteroatoms. The third-order valence-corrected chi connectivity index (χ3v) is 5.44. The third kappa shape index (κ3) is 5.87. The van der Waals surface area contributed by atoms with Gasteiger partial charge in [0, 0.05) is 54.7 Å². The normalized spacial score (nSPS) is 14.4. The van der Waals surface area contributed by atoms with Crippen molar-refractivity contribution in [3.8, 4) is 18.1 Å². The fourth-order valence-electron chi connectivity index (χ4n) is 3.67. The summed E-state index contributed by atoms with van der Waals surface area (Å²) in [6.45, 7) is 11.8. The Bertz CT molecular complexity index is 1260. The molecule has 1 aliphatic rings. The molecule has 2 aromatic carbocycles. The minimum Gasteiger partial charge on any atom is -0.487 e. The molecular formula is C27H27N5O2. The average molecular weight is 454 g/mol. The van der Waals surface area contributed by atoms with E-state index in [0.29, 0.717) is 17.3 Å². The zero-order valence-electron chi connectivity index (χ0n) is 19.0. The van der Waals surface area contributed by atoms with Crippen molar-refractivity contribution in [3.63, 3.8) is 0 Å². The molecule has 1 saturated heterocycles. The molecular weight excluding hydrogens is 426 g/mol. The molecule has 0 atom stereocenters. The molecule has 2 heterocycles. The highest BCUT2D eigenvalue weighted by molar-refractivity contribution is 5.83. The Kier molecular flexibility index (Phi) is 7.66. The summed E-state index contributed by atoms with van der Waals surface area (Å²) in [6, 6.07) is 12.0. The lowest BCUT2D eigenvalue weighted by Gasteiger charge is -2.26. The van der Waals surface area contributed by atoms with Gasteiger partial charge in [0.15, 0.2) is 0 Å². The van der Waals surface area contributed by atoms with Crippen LogP contribution in [0.25, 0.3) is 10.9 Å². The van der Waals surface area contributed by atoms with E-state index in [4.69, 9.17) is 15.9 Å². The summed E-state index contributed by atoms with van der Waals surface area (Å²) in [5.74, 6) is 3.72. The molecule has 172 valence electrons. The molecule has 1 aliphatic heterocycles. The van der Waals surface area contributed by atoms with Crippen LogP contribution < -0.4 is 10.1 Å². The molecule has 0 radical (unpaired) electrons. The summed E-state index contributed by atoms with van der Waals surface area (Å²) in [5, 5.41) is 4.14. The third-order valence-electron chi connectivity index (χ3n) is 5.44. The van der Waals surface area contributed by atoms with Gasteiger partial charge in [0.05, 0.1) is 24.3 Å². The highest BCUT2D eigenvalue weighted by Crippen LogP contribution is 2.26. The summed E-state index contributed by atoms with van der Waals surface area (Å²) in [6.07, 6.45) is 10.7. The number of hydrogen-bond acceptors (Lipinski definition) is 7. The lowest BCUT2D eigenvalue weighted by molar-refractivity contribution is 0.0342. The van der Waals surface area contributed by atoms with E-state index < -0.39 is 0 Å². The van der Waals surface area contributed by atoms with Crippen LogP contribution in [0.2, 0.25) is 0 Å². The van der Waals surface area contributed by atoms with Crippen molar-refractivity contribution in [3.05, 3.63) is 78.1 Å². The van der Waals surface area contributed by atoms with Gasteiger partial charge in [-0.2, -0.15) is 0 Å². The lowest BCUT2D eigenvalue weighted by atomic mass is 10.1. The van der Waals surface area contributed by atoms with Gasteiger partial charge in [-0.1, -0.05) is 30.7 Å². The molecule has 1 aromatic heterocycles. The maximum absolute atomic E-state index is 5.92. The number of benzene rings is 2. The van der Waals surface area contributed by atoms with Crippen molar-refractivity contribution in [1.82, 2.24) is 14.9 Å². The number of terminal acetylenes is 1. The molecule has 0 amide bonds. The highest BCUT2D eigenvalue weighted by atomic mass is 16.5. The van der Waals surface area contributed by atoms with Crippen LogP contribution in [0, 0.1) is 12.3 Å². The summed E-state index contributed by atoms with van der Waals surface area (Å²) < 4.78 is 11.4. The molecule has 34 heavy (non-hydrogen) atoms. The SMILES string of the molecule is C#Cc1cc2cnc(Nc3cccc(CN4CCOCC4)c3)nc2cc1OC/C(C=C)=C/N=C. The number of nitrogens with one attached hydrogen (secondary N) is 1. The van der Waals surface area contributed by atoms with Gasteiger partial charge in [-0.05, 0) is 30.5 Å². The van der Waals surface area contributed by atoms with Gasteiger partial charge in [-0.3, -0.25) is 9.89 Å². The summed E-state index contributed by atoms with van der Waals surface area (Å²) in [5.41, 5.74) is 4.30. The van der Waals surface area contributed by atoms with E-state index in [1.807, 2.05) is 24.3 Å². The number of anilines is 2. The quantitative estimate of drug-likeness (QED) is 0.295. The minimum absolute atomic E-state index is 0.273. The first-order chi connectivity index (χ1) is 16.7. The zero-order valence-corrected chi connectivity index (χ0v) is 19.0. The Labute approximate surface area is 199 Å². The van der Waals surface area contributed by atoms with Crippen molar-refractivity contribution in [2.45, 2.75) is 6.54 Å². The first kappa shape index (κ1) is 23.2. The fraction of sp³-hybridized carbons (Fsp3) is 0.222. The van der Waals surface area contributed by atoms with Crippen molar-refractivity contribution in [2.24, 2.45) is 4.99 Å². The van der Waals surface area contributed by atoms with Crippen LogP contribution in [0.3, 0.4) is 0 Å². The van der Waals surface area contributed by atoms with E-state index in [1.165, 1.54) is 5.56 Å². The predicted molar refractivity (Wildman–Crippen MR) is 137 cm³/mol. The number of rotatable bonds is 9. The van der Waals surface area contributed by atoms with Crippen LogP contribution in [-0.2, 0) is 11.3 Å². The van der Waals surface area contributed by atoms with Gasteiger partial charge in [0.2, 0.25) is 5.95 Å². The largest absolute Gasteiger partial charge is 0.487 e. The Morgan fingerprint density at radius 2 is 2.15 bits per heavy atom. The Balaban J connectivity index is 1.53. The van der Waals surface area contributed by atoms with E-state index in [1.54, 1.807) is 18.5 Å². The van der Waals surface area contributed by atoms with Crippen LogP contribution in [0.1, 0.15) is 11.1 Å².